The van der Waals surface area contributed by atoms with Gasteiger partial charge in [0.1, 0.15) is 0 Å². The van der Waals surface area contributed by atoms with Crippen LogP contribution < -0.4 is 0 Å². The van der Waals surface area contributed by atoms with Crippen LogP contribution in [0.25, 0.3) is 0 Å². The third kappa shape index (κ3) is 9.40. The van der Waals surface area contributed by atoms with E-state index in [1.54, 1.807) is 17.8 Å². The normalized spacial score (nSPS) is 12.4. The molecule has 0 N–H and O–H groups in total. The lowest BCUT2D eigenvalue weighted by Crippen LogP contribution is -1.72. The topological polar surface area (TPSA) is 0 Å². The SMILES string of the molecule is C=C/C=C(\C=C/C)/C=C(/C)SC.CC. The fourth-order valence-electron chi connectivity index (χ4n) is 0.774. The van der Waals surface area contributed by atoms with Crippen molar-refractivity contribution in [3.63, 3.8) is 0 Å². The van der Waals surface area contributed by atoms with E-state index in [-0.39, 0.29) is 0 Å². The van der Waals surface area contributed by atoms with E-state index in [1.165, 1.54) is 10.5 Å². The van der Waals surface area contributed by atoms with E-state index in [1.807, 2.05) is 32.9 Å². The van der Waals surface area contributed by atoms with Crippen LogP contribution >= 0.6 is 11.8 Å². The molecule has 0 amide bonds. The third-order valence-corrected chi connectivity index (χ3v) is 2.12. The minimum absolute atomic E-state index is 1.19. The second kappa shape index (κ2) is 12.3. The monoisotopic (exact) mass is 210 g/mol. The predicted octanol–water partition coefficient (Wildman–Crippen LogP) is 4.97. The summed E-state index contributed by atoms with van der Waals surface area (Å²) in [6, 6.07) is 0. The van der Waals surface area contributed by atoms with Crippen molar-refractivity contribution in [3.05, 3.63) is 47.4 Å². The highest BCUT2D eigenvalue weighted by atomic mass is 32.2. The molecular formula is C13H22S. The summed E-state index contributed by atoms with van der Waals surface area (Å²) in [6.07, 6.45) is 12.1. The number of hydrogen-bond acceptors (Lipinski definition) is 1. The highest BCUT2D eigenvalue weighted by Crippen LogP contribution is 2.13. The van der Waals surface area contributed by atoms with E-state index >= 15 is 0 Å². The molecule has 0 bridgehead atoms. The fourth-order valence-corrected chi connectivity index (χ4v) is 1.03. The quantitative estimate of drug-likeness (QED) is 0.590. The Bertz CT molecular complexity index is 219. The number of allylic oxidation sites excluding steroid dienone is 7. The molecule has 0 radical (unpaired) electrons. The van der Waals surface area contributed by atoms with Crippen molar-refractivity contribution >= 4 is 11.8 Å². The van der Waals surface area contributed by atoms with Gasteiger partial charge in [-0.1, -0.05) is 44.7 Å². The van der Waals surface area contributed by atoms with Gasteiger partial charge in [-0.15, -0.1) is 11.8 Å². The Labute approximate surface area is 93.5 Å². The predicted molar refractivity (Wildman–Crippen MR) is 71.7 cm³/mol. The Morgan fingerprint density at radius 3 is 2.21 bits per heavy atom. The summed E-state index contributed by atoms with van der Waals surface area (Å²) < 4.78 is 0. The van der Waals surface area contributed by atoms with Crippen molar-refractivity contribution in [1.29, 1.82) is 0 Å². The van der Waals surface area contributed by atoms with E-state index in [2.05, 4.69) is 31.9 Å². The van der Waals surface area contributed by atoms with Gasteiger partial charge in [0.15, 0.2) is 0 Å². The number of hydrogen-bond donors (Lipinski definition) is 0. The summed E-state index contributed by atoms with van der Waals surface area (Å²) in [5.41, 5.74) is 1.19. The summed E-state index contributed by atoms with van der Waals surface area (Å²) in [5.74, 6) is 0. The van der Waals surface area contributed by atoms with E-state index in [4.69, 9.17) is 0 Å². The summed E-state index contributed by atoms with van der Waals surface area (Å²) in [6.45, 7) is 11.8. The molecule has 0 aromatic heterocycles. The largest absolute Gasteiger partial charge is 0.134 e. The van der Waals surface area contributed by atoms with Gasteiger partial charge in [-0.2, -0.15) is 0 Å². The van der Waals surface area contributed by atoms with Gasteiger partial charge in [-0.25, -0.2) is 0 Å². The van der Waals surface area contributed by atoms with Gasteiger partial charge < -0.3 is 0 Å². The number of rotatable bonds is 4. The minimum atomic E-state index is 1.19. The highest BCUT2D eigenvalue weighted by Gasteiger charge is 1.87. The van der Waals surface area contributed by atoms with Crippen molar-refractivity contribution in [1.82, 2.24) is 0 Å². The molecule has 0 aliphatic heterocycles. The van der Waals surface area contributed by atoms with Gasteiger partial charge in [0.2, 0.25) is 0 Å². The van der Waals surface area contributed by atoms with Gasteiger partial charge in [-0.05, 0) is 36.7 Å². The van der Waals surface area contributed by atoms with Crippen LogP contribution in [0.3, 0.4) is 0 Å². The zero-order valence-corrected chi connectivity index (χ0v) is 10.8. The maximum atomic E-state index is 3.67. The molecule has 0 rings (SSSR count). The molecule has 0 aromatic carbocycles. The lowest BCUT2D eigenvalue weighted by Gasteiger charge is -1.95. The summed E-state index contributed by atoms with van der Waals surface area (Å²) in [4.78, 5) is 1.31. The first-order valence-corrected chi connectivity index (χ1v) is 6.14. The molecule has 0 aromatic rings. The van der Waals surface area contributed by atoms with Crippen molar-refractivity contribution < 1.29 is 0 Å². The molecule has 0 nitrogen and oxygen atoms in total. The van der Waals surface area contributed by atoms with Crippen molar-refractivity contribution in [3.8, 4) is 0 Å². The molecule has 80 valence electrons. The molecule has 1 heteroatoms. The second-order valence-electron chi connectivity index (χ2n) is 2.36. The summed E-state index contributed by atoms with van der Waals surface area (Å²) in [5, 5.41) is 0. The molecule has 0 spiro atoms. The van der Waals surface area contributed by atoms with E-state index < -0.39 is 0 Å². The second-order valence-corrected chi connectivity index (χ2v) is 3.41. The maximum absolute atomic E-state index is 3.67. The van der Waals surface area contributed by atoms with Crippen LogP contribution in [-0.2, 0) is 0 Å². The Kier molecular flexibility index (Phi) is 13.9. The van der Waals surface area contributed by atoms with Gasteiger partial charge in [-0.3, -0.25) is 0 Å². The lowest BCUT2D eigenvalue weighted by molar-refractivity contribution is 1.50. The van der Waals surface area contributed by atoms with Crippen LogP contribution in [0.2, 0.25) is 0 Å². The van der Waals surface area contributed by atoms with Gasteiger partial charge in [0.05, 0.1) is 0 Å². The first-order chi connectivity index (χ1) is 6.74. The molecule has 14 heavy (non-hydrogen) atoms. The fraction of sp³-hybridized carbons (Fsp3) is 0.385. The molecule has 0 saturated heterocycles. The molecule has 0 aliphatic carbocycles. The first-order valence-electron chi connectivity index (χ1n) is 4.92. The smallest absolute Gasteiger partial charge is 0.0140 e. The third-order valence-electron chi connectivity index (χ3n) is 1.36. The van der Waals surface area contributed by atoms with E-state index in [9.17, 15) is 0 Å². The Morgan fingerprint density at radius 1 is 1.29 bits per heavy atom. The summed E-state index contributed by atoms with van der Waals surface area (Å²) >= 11 is 1.76. The van der Waals surface area contributed by atoms with Crippen LogP contribution in [0.4, 0.5) is 0 Å². The van der Waals surface area contributed by atoms with Crippen molar-refractivity contribution in [2.75, 3.05) is 6.26 Å². The molecular weight excluding hydrogens is 188 g/mol. The minimum Gasteiger partial charge on any atom is -0.134 e. The average molecular weight is 210 g/mol. The van der Waals surface area contributed by atoms with Crippen molar-refractivity contribution in [2.45, 2.75) is 27.7 Å². The van der Waals surface area contributed by atoms with Gasteiger partial charge in [0, 0.05) is 0 Å². The van der Waals surface area contributed by atoms with Crippen molar-refractivity contribution in [2.24, 2.45) is 0 Å². The van der Waals surface area contributed by atoms with E-state index in [0.717, 1.165) is 0 Å². The zero-order chi connectivity index (χ0) is 11.4. The highest BCUT2D eigenvalue weighted by molar-refractivity contribution is 8.02. The van der Waals surface area contributed by atoms with E-state index in [0.29, 0.717) is 0 Å². The molecule has 0 atom stereocenters. The zero-order valence-electron chi connectivity index (χ0n) is 10.0. The van der Waals surface area contributed by atoms with Crippen LogP contribution in [0.5, 0.6) is 0 Å². The number of thioether (sulfide) groups is 1. The molecule has 0 aliphatic rings. The molecule has 0 fully saturated rings. The van der Waals surface area contributed by atoms with Crippen LogP contribution in [0, 0.1) is 0 Å². The first kappa shape index (κ1) is 15.8. The van der Waals surface area contributed by atoms with Gasteiger partial charge >= 0.3 is 0 Å². The Hall–Kier alpha value is -0.690. The summed E-state index contributed by atoms with van der Waals surface area (Å²) in [7, 11) is 0. The van der Waals surface area contributed by atoms with Gasteiger partial charge in [0.25, 0.3) is 0 Å². The van der Waals surface area contributed by atoms with Crippen LogP contribution in [0.1, 0.15) is 27.7 Å². The Balaban J connectivity index is 0. The lowest BCUT2D eigenvalue weighted by atomic mass is 10.2. The average Bonchev–Trinajstić information content (AvgIpc) is 2.21. The van der Waals surface area contributed by atoms with Crippen LogP contribution in [0.15, 0.2) is 47.4 Å². The molecule has 0 unspecified atom stereocenters. The maximum Gasteiger partial charge on any atom is -0.0140 e. The molecule has 0 saturated carbocycles. The standard InChI is InChI=1S/C11H16S.C2H6/c1-5-7-11(8-6-2)9-10(3)12-4;1-2/h5-9H,1H2,2-4H3;1-2H3/b8-6-,10-9-,11-7+;. The Morgan fingerprint density at radius 2 is 1.86 bits per heavy atom. The van der Waals surface area contributed by atoms with Crippen LogP contribution in [-0.4, -0.2) is 6.26 Å². The molecule has 0 heterocycles.